The van der Waals surface area contributed by atoms with Crippen molar-refractivity contribution in [2.75, 3.05) is 45.7 Å². The third-order valence-corrected chi connectivity index (χ3v) is 2.12. The van der Waals surface area contributed by atoms with E-state index in [1.807, 2.05) is 19.0 Å². The molecule has 0 aliphatic rings. The zero-order chi connectivity index (χ0) is 13.4. The van der Waals surface area contributed by atoms with Crippen LogP contribution in [0.1, 0.15) is 10.5 Å². The summed E-state index contributed by atoms with van der Waals surface area (Å²) in [6.45, 7) is 2.47. The standard InChI is InChI=1S/C11H18N4O3/c1-15(2)6-8-18-7-5-14-10-9(11(16)17)12-3-4-13-10/h3-4H,5-8H2,1-2H3,(H,13,14)(H,16,17). The molecule has 18 heavy (non-hydrogen) atoms. The molecular formula is C11H18N4O3. The highest BCUT2D eigenvalue weighted by atomic mass is 16.5. The predicted molar refractivity (Wildman–Crippen MR) is 66.9 cm³/mol. The second-order valence-corrected chi connectivity index (χ2v) is 3.90. The average Bonchev–Trinajstić information content (AvgIpc) is 2.33. The Morgan fingerprint density at radius 3 is 2.78 bits per heavy atom. The summed E-state index contributed by atoms with van der Waals surface area (Å²) in [5.74, 6) is -0.833. The summed E-state index contributed by atoms with van der Waals surface area (Å²) in [7, 11) is 3.95. The van der Waals surface area contributed by atoms with Crippen molar-refractivity contribution in [3.8, 4) is 0 Å². The Hall–Kier alpha value is -1.73. The quantitative estimate of drug-likeness (QED) is 0.639. The van der Waals surface area contributed by atoms with E-state index in [9.17, 15) is 4.79 Å². The minimum Gasteiger partial charge on any atom is -0.476 e. The molecule has 0 aliphatic carbocycles. The maximum Gasteiger partial charge on any atom is 0.358 e. The fourth-order valence-corrected chi connectivity index (χ4v) is 1.21. The lowest BCUT2D eigenvalue weighted by Gasteiger charge is -2.10. The molecule has 2 N–H and O–H groups in total. The molecule has 1 rings (SSSR count). The minimum absolute atomic E-state index is 0.0780. The lowest BCUT2D eigenvalue weighted by molar-refractivity contribution is 0.0691. The number of aromatic nitrogens is 2. The molecule has 0 atom stereocenters. The lowest BCUT2D eigenvalue weighted by atomic mass is 10.4. The van der Waals surface area contributed by atoms with E-state index in [4.69, 9.17) is 9.84 Å². The van der Waals surface area contributed by atoms with E-state index in [0.29, 0.717) is 19.8 Å². The fourth-order valence-electron chi connectivity index (χ4n) is 1.21. The van der Waals surface area contributed by atoms with Crippen molar-refractivity contribution in [1.82, 2.24) is 14.9 Å². The van der Waals surface area contributed by atoms with Crippen LogP contribution in [0.4, 0.5) is 5.82 Å². The number of hydrogen-bond donors (Lipinski definition) is 2. The third-order valence-electron chi connectivity index (χ3n) is 2.12. The van der Waals surface area contributed by atoms with Crippen LogP contribution >= 0.6 is 0 Å². The fraction of sp³-hybridized carbons (Fsp3) is 0.545. The van der Waals surface area contributed by atoms with Gasteiger partial charge in [-0.15, -0.1) is 0 Å². The van der Waals surface area contributed by atoms with Gasteiger partial charge in [0.05, 0.1) is 13.2 Å². The highest BCUT2D eigenvalue weighted by molar-refractivity contribution is 5.90. The molecule has 1 aromatic heterocycles. The van der Waals surface area contributed by atoms with Gasteiger partial charge in [0, 0.05) is 25.5 Å². The maximum absolute atomic E-state index is 10.9. The average molecular weight is 254 g/mol. The molecule has 0 amide bonds. The van der Waals surface area contributed by atoms with Gasteiger partial charge in [0.1, 0.15) is 0 Å². The first-order valence-corrected chi connectivity index (χ1v) is 5.62. The first-order valence-electron chi connectivity index (χ1n) is 5.62. The molecule has 0 saturated heterocycles. The van der Waals surface area contributed by atoms with Crippen LogP contribution in [0.25, 0.3) is 0 Å². The first-order chi connectivity index (χ1) is 8.61. The topological polar surface area (TPSA) is 87.6 Å². The summed E-state index contributed by atoms with van der Waals surface area (Å²) in [5, 5.41) is 11.8. The van der Waals surface area contributed by atoms with E-state index in [1.165, 1.54) is 12.4 Å². The number of carboxylic acids is 1. The monoisotopic (exact) mass is 254 g/mol. The summed E-state index contributed by atoms with van der Waals surface area (Å²) in [6, 6.07) is 0. The van der Waals surface area contributed by atoms with Crippen molar-refractivity contribution in [3.63, 3.8) is 0 Å². The molecule has 100 valence electrons. The highest BCUT2D eigenvalue weighted by Gasteiger charge is 2.11. The van der Waals surface area contributed by atoms with Gasteiger partial charge in [0.2, 0.25) is 0 Å². The number of rotatable bonds is 8. The van der Waals surface area contributed by atoms with Gasteiger partial charge in [0.25, 0.3) is 0 Å². The molecular weight excluding hydrogens is 236 g/mol. The van der Waals surface area contributed by atoms with Crippen molar-refractivity contribution in [3.05, 3.63) is 18.1 Å². The Kier molecular flexibility index (Phi) is 6.03. The Labute approximate surface area is 106 Å². The van der Waals surface area contributed by atoms with Crippen LogP contribution in [0.15, 0.2) is 12.4 Å². The molecule has 0 bridgehead atoms. The Balaban J connectivity index is 2.29. The number of aromatic carboxylic acids is 1. The summed E-state index contributed by atoms with van der Waals surface area (Å²) < 4.78 is 5.37. The number of carbonyl (C=O) groups is 1. The molecule has 0 spiro atoms. The molecule has 0 saturated carbocycles. The number of nitrogens with zero attached hydrogens (tertiary/aromatic N) is 3. The predicted octanol–water partition coefficient (Wildman–Crippen LogP) is 0.165. The number of anilines is 1. The van der Waals surface area contributed by atoms with Gasteiger partial charge < -0.3 is 20.1 Å². The first kappa shape index (κ1) is 14.3. The van der Waals surface area contributed by atoms with Crippen molar-refractivity contribution in [1.29, 1.82) is 0 Å². The van der Waals surface area contributed by atoms with Crippen molar-refractivity contribution < 1.29 is 14.6 Å². The lowest BCUT2D eigenvalue weighted by Crippen LogP contribution is -2.20. The van der Waals surface area contributed by atoms with Crippen LogP contribution in [0, 0.1) is 0 Å². The van der Waals surface area contributed by atoms with Crippen LogP contribution in [0.3, 0.4) is 0 Å². The molecule has 0 radical (unpaired) electrons. The van der Waals surface area contributed by atoms with Gasteiger partial charge in [-0.25, -0.2) is 14.8 Å². The smallest absolute Gasteiger partial charge is 0.358 e. The summed E-state index contributed by atoms with van der Waals surface area (Å²) in [5.41, 5.74) is -0.0780. The minimum atomic E-state index is -1.10. The van der Waals surface area contributed by atoms with Crippen LogP contribution in [-0.4, -0.2) is 66.3 Å². The molecule has 0 unspecified atom stereocenters. The third kappa shape index (κ3) is 5.07. The van der Waals surface area contributed by atoms with E-state index >= 15 is 0 Å². The number of hydrogen-bond acceptors (Lipinski definition) is 6. The molecule has 7 heteroatoms. The van der Waals surface area contributed by atoms with Crippen molar-refractivity contribution >= 4 is 11.8 Å². The van der Waals surface area contributed by atoms with Crippen molar-refractivity contribution in [2.24, 2.45) is 0 Å². The largest absolute Gasteiger partial charge is 0.476 e. The second kappa shape index (κ2) is 7.57. The molecule has 0 aromatic carbocycles. The Morgan fingerprint density at radius 2 is 2.11 bits per heavy atom. The van der Waals surface area contributed by atoms with Crippen LogP contribution < -0.4 is 5.32 Å². The van der Waals surface area contributed by atoms with E-state index in [2.05, 4.69) is 15.3 Å². The zero-order valence-corrected chi connectivity index (χ0v) is 10.6. The van der Waals surface area contributed by atoms with Crippen molar-refractivity contribution in [2.45, 2.75) is 0 Å². The number of carboxylic acid groups (broad SMARTS) is 1. The normalized spacial score (nSPS) is 10.6. The van der Waals surface area contributed by atoms with E-state index < -0.39 is 5.97 Å². The van der Waals surface area contributed by atoms with Gasteiger partial charge in [0.15, 0.2) is 11.5 Å². The SMILES string of the molecule is CN(C)CCOCCNc1nccnc1C(=O)O. The van der Waals surface area contributed by atoms with E-state index in [0.717, 1.165) is 6.54 Å². The van der Waals surface area contributed by atoms with Gasteiger partial charge >= 0.3 is 5.97 Å². The molecule has 1 aromatic rings. The summed E-state index contributed by atoms with van der Waals surface area (Å²) in [4.78, 5) is 20.6. The van der Waals surface area contributed by atoms with Gasteiger partial charge in [-0.1, -0.05) is 0 Å². The highest BCUT2D eigenvalue weighted by Crippen LogP contribution is 2.06. The molecule has 0 fully saturated rings. The second-order valence-electron chi connectivity index (χ2n) is 3.90. The summed E-state index contributed by atoms with van der Waals surface area (Å²) in [6.07, 6.45) is 2.80. The van der Waals surface area contributed by atoms with E-state index in [-0.39, 0.29) is 11.5 Å². The number of nitrogens with one attached hydrogen (secondary N) is 1. The zero-order valence-electron chi connectivity index (χ0n) is 10.6. The molecule has 0 aliphatic heterocycles. The Morgan fingerprint density at radius 1 is 1.39 bits per heavy atom. The molecule has 7 nitrogen and oxygen atoms in total. The van der Waals surface area contributed by atoms with E-state index in [1.54, 1.807) is 0 Å². The van der Waals surface area contributed by atoms with Crippen LogP contribution in [-0.2, 0) is 4.74 Å². The van der Waals surface area contributed by atoms with Crippen LogP contribution in [0.5, 0.6) is 0 Å². The van der Waals surface area contributed by atoms with Gasteiger partial charge in [-0.3, -0.25) is 0 Å². The number of ether oxygens (including phenoxy) is 1. The number of likely N-dealkylation sites (N-methyl/N-ethyl adjacent to an activating group) is 1. The van der Waals surface area contributed by atoms with Gasteiger partial charge in [-0.05, 0) is 14.1 Å². The molecule has 1 heterocycles. The summed E-state index contributed by atoms with van der Waals surface area (Å²) >= 11 is 0. The van der Waals surface area contributed by atoms with Crippen LogP contribution in [0.2, 0.25) is 0 Å². The Bertz CT molecular complexity index is 384. The van der Waals surface area contributed by atoms with Gasteiger partial charge in [-0.2, -0.15) is 0 Å². The maximum atomic E-state index is 10.9.